The van der Waals surface area contributed by atoms with Gasteiger partial charge in [0.1, 0.15) is 11.4 Å². The van der Waals surface area contributed by atoms with Crippen molar-refractivity contribution in [2.75, 3.05) is 20.3 Å². The molecule has 0 bridgehead atoms. The number of nitrogens with one attached hydrogen (secondary N) is 2. The number of hydrogen-bond donors (Lipinski definition) is 2. The standard InChI is InChI=1S/C20H36N2O3.C20H26O2/c1-3-4-13-25-20(24)22-19-11-7-17(8-12-19)14-16-5-9-18(10-6-16)21-15(2)23;1-19(2,15-21-5)22-18-13-11-17(12-14-18)20(3,4)16-9-7-6-8-10-16/h16-19H,3-14H2,1-2H3,(H,21,23)(H,22,24);6-14H,15H2,1-5H3. The predicted octanol–water partition coefficient (Wildman–Crippen LogP) is 8.97. The number of carbonyl (C=O) groups is 2. The van der Waals surface area contributed by atoms with Crippen LogP contribution in [0.1, 0.15) is 123 Å². The fourth-order valence-corrected chi connectivity index (χ4v) is 7.02. The van der Waals surface area contributed by atoms with E-state index in [1.165, 1.54) is 43.2 Å². The Morgan fingerprint density at radius 3 is 1.81 bits per heavy atom. The van der Waals surface area contributed by atoms with Gasteiger partial charge in [-0.1, -0.05) is 69.7 Å². The lowest BCUT2D eigenvalue weighted by Crippen LogP contribution is -2.39. The number of amides is 2. The molecule has 0 aliphatic heterocycles. The highest BCUT2D eigenvalue weighted by atomic mass is 16.5. The summed E-state index contributed by atoms with van der Waals surface area (Å²) in [7, 11) is 1.69. The average molecular weight is 651 g/mol. The summed E-state index contributed by atoms with van der Waals surface area (Å²) in [5.74, 6) is 2.59. The Hall–Kier alpha value is -3.06. The van der Waals surface area contributed by atoms with Gasteiger partial charge in [0.05, 0.1) is 13.2 Å². The van der Waals surface area contributed by atoms with Crippen LogP contribution in [0.3, 0.4) is 0 Å². The van der Waals surface area contributed by atoms with Crippen LogP contribution in [-0.4, -0.2) is 50.0 Å². The molecule has 2 aromatic rings. The van der Waals surface area contributed by atoms with E-state index in [2.05, 4.69) is 73.9 Å². The highest BCUT2D eigenvalue weighted by Crippen LogP contribution is 2.36. The lowest BCUT2D eigenvalue weighted by Gasteiger charge is -2.34. The molecule has 2 fully saturated rings. The monoisotopic (exact) mass is 650 g/mol. The van der Waals surface area contributed by atoms with Crippen LogP contribution in [0.15, 0.2) is 54.6 Å². The van der Waals surface area contributed by atoms with E-state index in [0.29, 0.717) is 25.3 Å². The second-order valence-electron chi connectivity index (χ2n) is 14.8. The fourth-order valence-electron chi connectivity index (χ4n) is 7.02. The number of rotatable bonds is 13. The van der Waals surface area contributed by atoms with Crippen LogP contribution < -0.4 is 15.4 Å². The van der Waals surface area contributed by atoms with E-state index in [1.807, 2.05) is 26.0 Å². The molecule has 47 heavy (non-hydrogen) atoms. The molecule has 0 unspecified atom stereocenters. The number of hydrogen-bond acceptors (Lipinski definition) is 5. The van der Waals surface area contributed by atoms with Gasteiger partial charge in [0.2, 0.25) is 5.91 Å². The van der Waals surface area contributed by atoms with Crippen molar-refractivity contribution in [3.63, 3.8) is 0 Å². The second-order valence-corrected chi connectivity index (χ2v) is 14.8. The zero-order chi connectivity index (χ0) is 34.3. The molecule has 262 valence electrons. The normalized spacial score (nSPS) is 21.5. The van der Waals surface area contributed by atoms with E-state index in [9.17, 15) is 9.59 Å². The summed E-state index contributed by atoms with van der Waals surface area (Å²) in [4.78, 5) is 22.9. The van der Waals surface area contributed by atoms with Crippen molar-refractivity contribution in [1.29, 1.82) is 0 Å². The third-order valence-corrected chi connectivity index (χ3v) is 9.78. The first-order valence-corrected chi connectivity index (χ1v) is 18.0. The van der Waals surface area contributed by atoms with Gasteiger partial charge in [-0.3, -0.25) is 4.79 Å². The molecule has 0 saturated heterocycles. The smallest absolute Gasteiger partial charge is 0.407 e. The van der Waals surface area contributed by atoms with Crippen LogP contribution in [-0.2, 0) is 19.7 Å². The quantitative estimate of drug-likeness (QED) is 0.211. The maximum atomic E-state index is 11.7. The van der Waals surface area contributed by atoms with Gasteiger partial charge < -0.3 is 24.8 Å². The van der Waals surface area contributed by atoms with E-state index in [0.717, 1.165) is 56.1 Å². The van der Waals surface area contributed by atoms with Crippen LogP contribution in [0.25, 0.3) is 0 Å². The topological polar surface area (TPSA) is 85.9 Å². The Balaban J connectivity index is 0.000000257. The lowest BCUT2D eigenvalue weighted by atomic mass is 9.75. The highest BCUT2D eigenvalue weighted by molar-refractivity contribution is 5.73. The van der Waals surface area contributed by atoms with E-state index in [-0.39, 0.29) is 23.0 Å². The van der Waals surface area contributed by atoms with Crippen molar-refractivity contribution in [2.45, 2.75) is 135 Å². The van der Waals surface area contributed by atoms with E-state index < -0.39 is 0 Å². The van der Waals surface area contributed by atoms with Gasteiger partial charge in [0, 0.05) is 31.5 Å². The number of carbonyl (C=O) groups excluding carboxylic acids is 2. The van der Waals surface area contributed by atoms with Crippen molar-refractivity contribution in [1.82, 2.24) is 10.6 Å². The van der Waals surface area contributed by atoms with Gasteiger partial charge >= 0.3 is 6.09 Å². The number of alkyl carbamates (subject to hydrolysis) is 1. The van der Waals surface area contributed by atoms with Crippen molar-refractivity contribution in [3.8, 4) is 5.75 Å². The third kappa shape index (κ3) is 13.5. The minimum absolute atomic E-state index is 0.0260. The first-order valence-electron chi connectivity index (χ1n) is 18.0. The summed E-state index contributed by atoms with van der Waals surface area (Å²) >= 11 is 0. The maximum absolute atomic E-state index is 11.7. The molecule has 2 aliphatic rings. The van der Waals surface area contributed by atoms with Crippen molar-refractivity contribution < 1.29 is 23.8 Å². The average Bonchev–Trinajstić information content (AvgIpc) is 3.03. The second kappa shape index (κ2) is 19.1. The minimum atomic E-state index is -0.328. The minimum Gasteiger partial charge on any atom is -0.485 e. The first-order chi connectivity index (χ1) is 22.4. The highest BCUT2D eigenvalue weighted by Gasteiger charge is 2.28. The number of benzene rings is 2. The van der Waals surface area contributed by atoms with E-state index >= 15 is 0 Å². The Labute approximate surface area is 284 Å². The van der Waals surface area contributed by atoms with E-state index in [4.69, 9.17) is 14.2 Å². The van der Waals surface area contributed by atoms with Gasteiger partial charge in [0.15, 0.2) is 0 Å². The molecule has 4 rings (SSSR count). The Morgan fingerprint density at radius 1 is 0.766 bits per heavy atom. The molecular formula is C40H62N2O5. The van der Waals surface area contributed by atoms with E-state index in [1.54, 1.807) is 14.0 Å². The molecule has 7 nitrogen and oxygen atoms in total. The molecule has 2 saturated carbocycles. The molecule has 0 spiro atoms. The molecule has 0 heterocycles. The summed E-state index contributed by atoms with van der Waals surface area (Å²) in [5.41, 5.74) is 2.23. The lowest BCUT2D eigenvalue weighted by molar-refractivity contribution is -0.119. The van der Waals surface area contributed by atoms with Gasteiger partial charge in [0.25, 0.3) is 0 Å². The summed E-state index contributed by atoms with van der Waals surface area (Å²) in [6.07, 6.45) is 12.4. The molecule has 0 atom stereocenters. The van der Waals surface area contributed by atoms with Crippen molar-refractivity contribution in [2.24, 2.45) is 11.8 Å². The molecular weight excluding hydrogens is 588 g/mol. The first kappa shape index (κ1) is 38.4. The zero-order valence-corrected chi connectivity index (χ0v) is 30.2. The van der Waals surface area contributed by atoms with Crippen LogP contribution in [0.4, 0.5) is 4.79 Å². The maximum Gasteiger partial charge on any atom is 0.407 e. The summed E-state index contributed by atoms with van der Waals surface area (Å²) in [5, 5.41) is 6.08. The van der Waals surface area contributed by atoms with Gasteiger partial charge in [-0.15, -0.1) is 0 Å². The number of ether oxygens (including phenoxy) is 3. The number of unbranched alkanes of at least 4 members (excludes halogenated alkanes) is 1. The molecule has 0 radical (unpaired) electrons. The molecule has 2 amide bonds. The molecule has 2 N–H and O–H groups in total. The zero-order valence-electron chi connectivity index (χ0n) is 30.2. The molecule has 2 aromatic carbocycles. The predicted molar refractivity (Wildman–Crippen MR) is 191 cm³/mol. The van der Waals surface area contributed by atoms with Crippen molar-refractivity contribution >= 4 is 12.0 Å². The summed E-state index contributed by atoms with van der Waals surface area (Å²) in [6, 6.07) is 19.6. The Morgan fingerprint density at radius 2 is 1.30 bits per heavy atom. The number of methoxy groups -OCH3 is 1. The molecule has 2 aliphatic carbocycles. The van der Waals surface area contributed by atoms with Crippen LogP contribution >= 0.6 is 0 Å². The van der Waals surface area contributed by atoms with Gasteiger partial charge in [-0.2, -0.15) is 0 Å². The Bertz CT molecular complexity index is 1180. The van der Waals surface area contributed by atoms with Crippen LogP contribution in [0.2, 0.25) is 0 Å². The van der Waals surface area contributed by atoms with Crippen LogP contribution in [0.5, 0.6) is 5.75 Å². The van der Waals surface area contributed by atoms with Crippen molar-refractivity contribution in [3.05, 3.63) is 65.7 Å². The van der Waals surface area contributed by atoms with Crippen LogP contribution in [0, 0.1) is 11.8 Å². The Kier molecular flexibility index (Phi) is 15.6. The summed E-state index contributed by atoms with van der Waals surface area (Å²) < 4.78 is 16.4. The molecule has 0 aromatic heterocycles. The molecule has 7 heteroatoms. The van der Waals surface area contributed by atoms with Gasteiger partial charge in [-0.25, -0.2) is 4.79 Å². The largest absolute Gasteiger partial charge is 0.485 e. The fraction of sp³-hybridized carbons (Fsp3) is 0.650. The third-order valence-electron chi connectivity index (χ3n) is 9.78. The summed E-state index contributed by atoms with van der Waals surface area (Å²) in [6.45, 7) is 13.3. The van der Waals surface area contributed by atoms with Gasteiger partial charge in [-0.05, 0) is 113 Å². The SMILES string of the molecule is CCCCOC(=O)NC1CCC(CC2CCC(NC(C)=O)CC2)CC1.COCC(C)(C)Oc1ccc(C(C)(C)c2ccccc2)cc1.